The first-order chi connectivity index (χ1) is 8.63. The highest BCUT2D eigenvalue weighted by atomic mass is 35.5. The molecule has 1 N–H and O–H groups in total. The van der Waals surface area contributed by atoms with Crippen molar-refractivity contribution in [1.82, 2.24) is 5.32 Å². The summed E-state index contributed by atoms with van der Waals surface area (Å²) in [7, 11) is -5.68. The third-order valence-corrected chi connectivity index (χ3v) is 4.07. The lowest BCUT2D eigenvalue weighted by Crippen LogP contribution is -2.26. The van der Waals surface area contributed by atoms with E-state index in [2.05, 4.69) is 5.32 Å². The van der Waals surface area contributed by atoms with Crippen molar-refractivity contribution in [3.63, 3.8) is 0 Å². The second-order valence-electron chi connectivity index (χ2n) is 3.89. The van der Waals surface area contributed by atoms with Gasteiger partial charge in [0.25, 0.3) is 9.84 Å². The number of benzene rings is 1. The summed E-state index contributed by atoms with van der Waals surface area (Å²) in [5.41, 5.74) is -5.64. The molecule has 1 rings (SSSR count). The number of hydrogen-bond acceptors (Lipinski definition) is 3. The molecule has 0 radical (unpaired) electrons. The summed E-state index contributed by atoms with van der Waals surface area (Å²) in [4.78, 5) is -1.35. The average molecular weight is 336 g/mol. The van der Waals surface area contributed by atoms with Crippen LogP contribution in [0.15, 0.2) is 23.1 Å². The van der Waals surface area contributed by atoms with E-state index in [9.17, 15) is 26.0 Å². The summed E-state index contributed by atoms with van der Waals surface area (Å²) in [5.74, 6) is -1.37. The molecule has 1 aromatic rings. The van der Waals surface area contributed by atoms with Gasteiger partial charge in [-0.2, -0.15) is 13.2 Å². The molecular formula is C11H14ClF4NO2S. The zero-order chi connectivity index (χ0) is 14.8. The zero-order valence-electron chi connectivity index (χ0n) is 10.7. The first-order valence-corrected chi connectivity index (χ1v) is 6.94. The molecule has 0 saturated carbocycles. The molecule has 0 aliphatic heterocycles. The van der Waals surface area contributed by atoms with Gasteiger partial charge in [-0.15, -0.1) is 12.4 Å². The lowest BCUT2D eigenvalue weighted by Gasteiger charge is -2.16. The van der Waals surface area contributed by atoms with Gasteiger partial charge in [-0.25, -0.2) is 12.8 Å². The Bertz CT molecular complexity index is 560. The fraction of sp³-hybridized carbons (Fsp3) is 0.455. The number of sulfone groups is 1. The first kappa shape index (κ1) is 19.1. The third-order valence-electron chi connectivity index (χ3n) is 2.56. The molecule has 0 aliphatic rings. The minimum Gasteiger partial charge on any atom is -0.310 e. The van der Waals surface area contributed by atoms with Crippen LogP contribution >= 0.6 is 12.4 Å². The van der Waals surface area contributed by atoms with Gasteiger partial charge >= 0.3 is 5.51 Å². The normalized spacial score (nSPS) is 13.7. The Balaban J connectivity index is 0.00000361. The van der Waals surface area contributed by atoms with Crippen molar-refractivity contribution in [3.05, 3.63) is 29.6 Å². The van der Waals surface area contributed by atoms with E-state index in [1.807, 2.05) is 0 Å². The highest BCUT2D eigenvalue weighted by Crippen LogP contribution is 2.33. The maximum Gasteiger partial charge on any atom is 0.502 e. The Morgan fingerprint density at radius 2 is 1.85 bits per heavy atom. The molecule has 0 spiro atoms. The van der Waals surface area contributed by atoms with E-state index < -0.39 is 32.1 Å². The van der Waals surface area contributed by atoms with Gasteiger partial charge in [-0.05, 0) is 19.5 Å². The topological polar surface area (TPSA) is 46.2 Å². The lowest BCUT2D eigenvalue weighted by molar-refractivity contribution is -0.0437. The molecule has 0 aromatic heterocycles. The van der Waals surface area contributed by atoms with E-state index in [1.54, 1.807) is 6.92 Å². The van der Waals surface area contributed by atoms with Gasteiger partial charge in [0.2, 0.25) is 0 Å². The fourth-order valence-electron chi connectivity index (χ4n) is 1.61. The van der Waals surface area contributed by atoms with Crippen molar-refractivity contribution in [1.29, 1.82) is 0 Å². The third kappa shape index (κ3) is 3.62. The van der Waals surface area contributed by atoms with Crippen LogP contribution in [0.4, 0.5) is 17.6 Å². The monoisotopic (exact) mass is 335 g/mol. The summed E-state index contributed by atoms with van der Waals surface area (Å²) in [6.45, 7) is 3.74. The average Bonchev–Trinajstić information content (AvgIpc) is 2.27. The van der Waals surface area contributed by atoms with Gasteiger partial charge in [0, 0.05) is 11.6 Å². The Morgan fingerprint density at radius 1 is 1.30 bits per heavy atom. The van der Waals surface area contributed by atoms with Gasteiger partial charge < -0.3 is 5.32 Å². The maximum absolute atomic E-state index is 14.0. The molecular weight excluding hydrogens is 322 g/mol. The molecule has 0 saturated heterocycles. The van der Waals surface area contributed by atoms with E-state index in [1.165, 1.54) is 13.0 Å². The molecule has 0 fully saturated rings. The Labute approximate surface area is 120 Å². The summed E-state index contributed by atoms with van der Waals surface area (Å²) in [6, 6.07) is 2.36. The van der Waals surface area contributed by atoms with Gasteiger partial charge in [0.1, 0.15) is 10.7 Å². The summed E-state index contributed by atoms with van der Waals surface area (Å²) in [6.07, 6.45) is 0. The van der Waals surface area contributed by atoms with E-state index in [4.69, 9.17) is 0 Å². The lowest BCUT2D eigenvalue weighted by atomic mass is 10.1. The van der Waals surface area contributed by atoms with Crippen LogP contribution in [0.1, 0.15) is 25.5 Å². The largest absolute Gasteiger partial charge is 0.502 e. The Morgan fingerprint density at radius 3 is 2.30 bits per heavy atom. The Kier molecular flexibility index (Phi) is 6.44. The first-order valence-electron chi connectivity index (χ1n) is 5.46. The minimum absolute atomic E-state index is 0. The SMILES string of the molecule is CCN[C@H](C)c1cccc(S(=O)(=O)C(F)(F)F)c1F.Cl. The number of hydrogen-bond donors (Lipinski definition) is 1. The van der Waals surface area contributed by atoms with Crippen LogP contribution in [0.25, 0.3) is 0 Å². The van der Waals surface area contributed by atoms with Crippen molar-refractivity contribution in [2.24, 2.45) is 0 Å². The van der Waals surface area contributed by atoms with E-state index in [0.717, 1.165) is 6.07 Å². The van der Waals surface area contributed by atoms with Gasteiger partial charge in [-0.1, -0.05) is 19.1 Å². The minimum atomic E-state index is -5.68. The fourth-order valence-corrected chi connectivity index (χ4v) is 2.47. The quantitative estimate of drug-likeness (QED) is 0.859. The number of rotatable bonds is 4. The molecule has 3 nitrogen and oxygen atoms in total. The van der Waals surface area contributed by atoms with Gasteiger partial charge in [0.05, 0.1) is 0 Å². The van der Waals surface area contributed by atoms with E-state index in [0.29, 0.717) is 12.6 Å². The highest BCUT2D eigenvalue weighted by molar-refractivity contribution is 7.92. The second-order valence-corrected chi connectivity index (χ2v) is 5.80. The molecule has 9 heteroatoms. The molecule has 0 aliphatic carbocycles. The molecule has 20 heavy (non-hydrogen) atoms. The molecule has 0 unspecified atom stereocenters. The van der Waals surface area contributed by atoms with Crippen LogP contribution in [0.5, 0.6) is 0 Å². The maximum atomic E-state index is 14.0. The zero-order valence-corrected chi connectivity index (χ0v) is 12.3. The number of halogens is 5. The highest BCUT2D eigenvalue weighted by Gasteiger charge is 2.48. The predicted octanol–water partition coefficient (Wildman–Crippen LogP) is 3.21. The van der Waals surface area contributed by atoms with Crippen molar-refractivity contribution < 1.29 is 26.0 Å². The Hall–Kier alpha value is -0.860. The molecule has 1 aromatic carbocycles. The van der Waals surface area contributed by atoms with Crippen molar-refractivity contribution in [2.75, 3.05) is 6.54 Å². The number of alkyl halides is 3. The number of nitrogens with one attached hydrogen (secondary N) is 1. The van der Waals surface area contributed by atoms with Crippen LogP contribution in [0, 0.1) is 5.82 Å². The van der Waals surface area contributed by atoms with Gasteiger partial charge in [0.15, 0.2) is 0 Å². The van der Waals surface area contributed by atoms with E-state index in [-0.39, 0.29) is 18.0 Å². The summed E-state index contributed by atoms with van der Waals surface area (Å²) in [5, 5.41) is 2.80. The van der Waals surface area contributed by atoms with Crippen molar-refractivity contribution in [3.8, 4) is 0 Å². The standard InChI is InChI=1S/C11H13F4NO2S.ClH/c1-3-16-7(2)8-5-4-6-9(10(8)12)19(17,18)11(13,14)15;/h4-7,16H,3H2,1-2H3;1H/t7-;/m1./s1. The summed E-state index contributed by atoms with van der Waals surface area (Å²) < 4.78 is 73.6. The molecule has 0 bridgehead atoms. The van der Waals surface area contributed by atoms with Crippen molar-refractivity contribution >= 4 is 22.2 Å². The van der Waals surface area contributed by atoms with Crippen LogP contribution in [-0.4, -0.2) is 20.5 Å². The van der Waals surface area contributed by atoms with Crippen LogP contribution in [0.3, 0.4) is 0 Å². The smallest absolute Gasteiger partial charge is 0.310 e. The van der Waals surface area contributed by atoms with Crippen LogP contribution in [0.2, 0.25) is 0 Å². The molecule has 1 atom stereocenters. The predicted molar refractivity (Wildman–Crippen MR) is 69.0 cm³/mol. The van der Waals surface area contributed by atoms with Gasteiger partial charge in [-0.3, -0.25) is 0 Å². The molecule has 0 heterocycles. The van der Waals surface area contributed by atoms with Crippen LogP contribution < -0.4 is 5.32 Å². The van der Waals surface area contributed by atoms with Crippen LogP contribution in [-0.2, 0) is 9.84 Å². The van der Waals surface area contributed by atoms with E-state index >= 15 is 0 Å². The molecule has 116 valence electrons. The summed E-state index contributed by atoms with van der Waals surface area (Å²) >= 11 is 0. The second kappa shape index (κ2) is 6.73. The molecule has 0 amide bonds. The van der Waals surface area contributed by atoms with Crippen molar-refractivity contribution in [2.45, 2.75) is 30.3 Å².